The Balaban J connectivity index is 1.72. The topological polar surface area (TPSA) is 101 Å². The molecule has 27 heavy (non-hydrogen) atoms. The number of nitro benzene ring substituents is 1. The molecular weight excluding hydrogens is 370 g/mol. The quantitative estimate of drug-likeness (QED) is 0.588. The summed E-state index contributed by atoms with van der Waals surface area (Å²) in [4.78, 5) is 24.3. The molecule has 1 fully saturated rings. The van der Waals surface area contributed by atoms with Crippen molar-refractivity contribution in [3.05, 3.63) is 69.8 Å². The van der Waals surface area contributed by atoms with E-state index >= 15 is 0 Å². The molecule has 1 aliphatic heterocycles. The maximum absolute atomic E-state index is 12.8. The summed E-state index contributed by atoms with van der Waals surface area (Å²) in [6, 6.07) is 12.2. The molecule has 0 N–H and O–H groups in total. The zero-order valence-corrected chi connectivity index (χ0v) is 15.6. The highest BCUT2D eigenvalue weighted by Gasteiger charge is 2.31. The SMILES string of the molecule is Cc1cccc(C(=O)N2CCN(S(=O)(=O)c3cccc([N+](=O)[O-])c3)CC2)c1. The summed E-state index contributed by atoms with van der Waals surface area (Å²) in [6.45, 7) is 2.72. The Labute approximate surface area is 157 Å². The zero-order chi connectivity index (χ0) is 19.6. The molecule has 1 heterocycles. The fraction of sp³-hybridized carbons (Fsp3) is 0.278. The molecule has 1 saturated heterocycles. The highest BCUT2D eigenvalue weighted by molar-refractivity contribution is 7.89. The molecule has 1 amide bonds. The van der Waals surface area contributed by atoms with E-state index in [1.54, 1.807) is 17.0 Å². The third kappa shape index (κ3) is 3.99. The van der Waals surface area contributed by atoms with Gasteiger partial charge >= 0.3 is 0 Å². The normalized spacial score (nSPS) is 15.5. The van der Waals surface area contributed by atoms with Crippen molar-refractivity contribution in [3.8, 4) is 0 Å². The average Bonchev–Trinajstić information content (AvgIpc) is 2.67. The van der Waals surface area contributed by atoms with Gasteiger partial charge in [-0.25, -0.2) is 8.42 Å². The molecule has 2 aromatic rings. The predicted octanol–water partition coefficient (Wildman–Crippen LogP) is 2.05. The van der Waals surface area contributed by atoms with Crippen molar-refractivity contribution in [1.29, 1.82) is 0 Å². The Bertz CT molecular complexity index is 982. The summed E-state index contributed by atoms with van der Waals surface area (Å²) in [5.74, 6) is -0.133. The molecule has 3 rings (SSSR count). The van der Waals surface area contributed by atoms with Gasteiger partial charge in [-0.2, -0.15) is 4.31 Å². The summed E-state index contributed by atoms with van der Waals surface area (Å²) in [5.41, 5.74) is 1.28. The smallest absolute Gasteiger partial charge is 0.270 e. The van der Waals surface area contributed by atoms with Gasteiger partial charge in [0, 0.05) is 43.9 Å². The van der Waals surface area contributed by atoms with Crippen molar-refractivity contribution in [2.24, 2.45) is 0 Å². The monoisotopic (exact) mass is 389 g/mol. The second kappa shape index (κ2) is 7.45. The summed E-state index contributed by atoms with van der Waals surface area (Å²) in [7, 11) is -3.85. The van der Waals surface area contributed by atoms with Crippen LogP contribution in [0.15, 0.2) is 53.4 Å². The van der Waals surface area contributed by atoms with Crippen molar-refractivity contribution < 1.29 is 18.1 Å². The van der Waals surface area contributed by atoms with Gasteiger partial charge < -0.3 is 4.90 Å². The Morgan fingerprint density at radius 1 is 1.04 bits per heavy atom. The Hall–Kier alpha value is -2.78. The van der Waals surface area contributed by atoms with Crippen molar-refractivity contribution in [2.45, 2.75) is 11.8 Å². The van der Waals surface area contributed by atoms with Crippen LogP contribution >= 0.6 is 0 Å². The molecule has 8 nitrogen and oxygen atoms in total. The van der Waals surface area contributed by atoms with E-state index in [4.69, 9.17) is 0 Å². The first-order chi connectivity index (χ1) is 12.8. The van der Waals surface area contributed by atoms with E-state index in [0.29, 0.717) is 5.56 Å². The third-order valence-corrected chi connectivity index (χ3v) is 6.35. The molecule has 0 atom stereocenters. The van der Waals surface area contributed by atoms with Crippen molar-refractivity contribution in [3.63, 3.8) is 0 Å². The van der Waals surface area contributed by atoms with Gasteiger partial charge in [0.15, 0.2) is 0 Å². The number of hydrogen-bond donors (Lipinski definition) is 0. The van der Waals surface area contributed by atoms with Gasteiger partial charge in [0.05, 0.1) is 9.82 Å². The Morgan fingerprint density at radius 2 is 1.70 bits per heavy atom. The highest BCUT2D eigenvalue weighted by Crippen LogP contribution is 2.22. The van der Waals surface area contributed by atoms with Gasteiger partial charge in [0.25, 0.3) is 11.6 Å². The molecule has 0 bridgehead atoms. The largest absolute Gasteiger partial charge is 0.336 e. The molecule has 2 aromatic carbocycles. The van der Waals surface area contributed by atoms with E-state index in [1.807, 2.05) is 19.1 Å². The first-order valence-corrected chi connectivity index (χ1v) is 9.83. The molecule has 0 radical (unpaired) electrons. The number of sulfonamides is 1. The minimum atomic E-state index is -3.85. The predicted molar refractivity (Wildman–Crippen MR) is 98.9 cm³/mol. The molecular formula is C18H19N3O5S. The molecule has 0 saturated carbocycles. The number of rotatable bonds is 4. The number of amides is 1. The zero-order valence-electron chi connectivity index (χ0n) is 14.7. The summed E-state index contributed by atoms with van der Waals surface area (Å²) >= 11 is 0. The maximum atomic E-state index is 12.8. The molecule has 0 spiro atoms. The number of carbonyl (C=O) groups excluding carboxylic acids is 1. The number of aryl methyl sites for hydroxylation is 1. The summed E-state index contributed by atoms with van der Waals surface area (Å²) < 4.78 is 26.8. The van der Waals surface area contributed by atoms with Crippen molar-refractivity contribution >= 4 is 21.6 Å². The molecule has 9 heteroatoms. The second-order valence-electron chi connectivity index (χ2n) is 6.32. The van der Waals surface area contributed by atoms with E-state index in [2.05, 4.69) is 0 Å². The summed E-state index contributed by atoms with van der Waals surface area (Å²) in [5, 5.41) is 10.9. The lowest BCUT2D eigenvalue weighted by molar-refractivity contribution is -0.385. The van der Waals surface area contributed by atoms with Crippen LogP contribution in [0.1, 0.15) is 15.9 Å². The average molecular weight is 389 g/mol. The molecule has 1 aliphatic rings. The molecule has 0 aliphatic carbocycles. The lowest BCUT2D eigenvalue weighted by Gasteiger charge is -2.34. The lowest BCUT2D eigenvalue weighted by Crippen LogP contribution is -2.50. The second-order valence-corrected chi connectivity index (χ2v) is 8.26. The van der Waals surface area contributed by atoms with E-state index in [0.717, 1.165) is 11.6 Å². The fourth-order valence-electron chi connectivity index (χ4n) is 3.00. The number of nitrogens with zero attached hydrogens (tertiary/aromatic N) is 3. The molecule has 142 valence electrons. The van der Waals surface area contributed by atoms with Crippen LogP contribution in [0.2, 0.25) is 0 Å². The van der Waals surface area contributed by atoms with Crippen LogP contribution in [0, 0.1) is 17.0 Å². The van der Waals surface area contributed by atoms with Crippen LogP contribution in [-0.4, -0.2) is 54.6 Å². The Morgan fingerprint density at radius 3 is 2.33 bits per heavy atom. The van der Waals surface area contributed by atoms with Gasteiger partial charge in [0.1, 0.15) is 0 Å². The number of hydrogen-bond acceptors (Lipinski definition) is 5. The first-order valence-electron chi connectivity index (χ1n) is 8.39. The van der Waals surface area contributed by atoms with Crippen LogP contribution in [0.3, 0.4) is 0 Å². The summed E-state index contributed by atoms with van der Waals surface area (Å²) in [6.07, 6.45) is 0. The Kier molecular flexibility index (Phi) is 5.24. The number of non-ortho nitro benzene ring substituents is 1. The van der Waals surface area contributed by atoms with Crippen LogP contribution in [0.4, 0.5) is 5.69 Å². The minimum absolute atomic E-state index is 0.116. The van der Waals surface area contributed by atoms with Crippen LogP contribution in [-0.2, 0) is 10.0 Å². The number of carbonyl (C=O) groups is 1. The first kappa shape index (κ1) is 19.0. The van der Waals surface area contributed by atoms with Crippen LogP contribution < -0.4 is 0 Å². The van der Waals surface area contributed by atoms with Crippen molar-refractivity contribution in [2.75, 3.05) is 26.2 Å². The molecule has 0 aromatic heterocycles. The van der Waals surface area contributed by atoms with E-state index in [9.17, 15) is 23.3 Å². The van der Waals surface area contributed by atoms with E-state index in [1.165, 1.54) is 22.5 Å². The van der Waals surface area contributed by atoms with E-state index < -0.39 is 14.9 Å². The third-order valence-electron chi connectivity index (χ3n) is 4.46. The lowest BCUT2D eigenvalue weighted by atomic mass is 10.1. The van der Waals surface area contributed by atoms with Gasteiger partial charge in [-0.1, -0.05) is 23.8 Å². The number of piperazine rings is 1. The van der Waals surface area contributed by atoms with Crippen molar-refractivity contribution in [1.82, 2.24) is 9.21 Å². The fourth-order valence-corrected chi connectivity index (χ4v) is 4.46. The van der Waals surface area contributed by atoms with E-state index in [-0.39, 0.29) is 42.7 Å². The van der Waals surface area contributed by atoms with Crippen LogP contribution in [0.5, 0.6) is 0 Å². The van der Waals surface area contributed by atoms with Gasteiger partial charge in [-0.05, 0) is 25.1 Å². The molecule has 0 unspecified atom stereocenters. The standard InChI is InChI=1S/C18H19N3O5S/c1-14-4-2-5-15(12-14)18(22)19-8-10-20(11-9-19)27(25,26)17-7-3-6-16(13-17)21(23)24/h2-7,12-13H,8-11H2,1H3. The number of nitro groups is 1. The van der Waals surface area contributed by atoms with Gasteiger partial charge in [0.2, 0.25) is 10.0 Å². The minimum Gasteiger partial charge on any atom is -0.336 e. The maximum Gasteiger partial charge on any atom is 0.270 e. The van der Waals surface area contributed by atoms with Gasteiger partial charge in [-0.3, -0.25) is 14.9 Å². The number of benzene rings is 2. The van der Waals surface area contributed by atoms with Crippen LogP contribution in [0.25, 0.3) is 0 Å². The highest BCUT2D eigenvalue weighted by atomic mass is 32.2. The van der Waals surface area contributed by atoms with Gasteiger partial charge in [-0.15, -0.1) is 0 Å².